The molecule has 3 N–H and O–H groups in total. The number of hydrogen-bond acceptors (Lipinski definition) is 4. The van der Waals surface area contributed by atoms with Gasteiger partial charge < -0.3 is 11.1 Å². The Morgan fingerprint density at radius 2 is 2.06 bits per heavy atom. The minimum absolute atomic E-state index is 0.0753. The van der Waals surface area contributed by atoms with Gasteiger partial charge in [0.1, 0.15) is 0 Å². The maximum absolute atomic E-state index is 12.1. The standard InChI is InChI=1S/C12H18N2O3S/c1-9-5-3-6-10(12(9)13)18(16,17)8-4-7-11(15)14-2/h3,5-6H,4,7-8,13H2,1-2H3,(H,14,15). The summed E-state index contributed by atoms with van der Waals surface area (Å²) < 4.78 is 24.1. The number of aryl methyl sites for hydroxylation is 1. The van der Waals surface area contributed by atoms with Crippen LogP contribution < -0.4 is 11.1 Å². The number of anilines is 1. The summed E-state index contributed by atoms with van der Waals surface area (Å²) >= 11 is 0. The van der Waals surface area contributed by atoms with Crippen LogP contribution in [-0.4, -0.2) is 27.1 Å². The summed E-state index contributed by atoms with van der Waals surface area (Å²) in [6, 6.07) is 4.92. The first-order chi connectivity index (χ1) is 8.38. The Morgan fingerprint density at radius 3 is 2.67 bits per heavy atom. The molecule has 0 saturated carbocycles. The van der Waals surface area contributed by atoms with E-state index in [9.17, 15) is 13.2 Å². The van der Waals surface area contributed by atoms with Crippen LogP contribution in [0.2, 0.25) is 0 Å². The Labute approximate surface area is 107 Å². The molecule has 0 unspecified atom stereocenters. The minimum Gasteiger partial charge on any atom is -0.397 e. The van der Waals surface area contributed by atoms with Crippen LogP contribution in [0.3, 0.4) is 0 Å². The predicted octanol–water partition coefficient (Wildman–Crippen LogP) is 0.877. The van der Waals surface area contributed by atoms with E-state index in [0.717, 1.165) is 5.56 Å². The zero-order chi connectivity index (χ0) is 13.8. The minimum atomic E-state index is -3.42. The van der Waals surface area contributed by atoms with Crippen LogP contribution >= 0.6 is 0 Å². The highest BCUT2D eigenvalue weighted by Crippen LogP contribution is 2.23. The molecule has 18 heavy (non-hydrogen) atoms. The molecule has 0 fully saturated rings. The molecule has 0 aliphatic carbocycles. The highest BCUT2D eigenvalue weighted by Gasteiger charge is 2.18. The van der Waals surface area contributed by atoms with Crippen molar-refractivity contribution in [2.45, 2.75) is 24.7 Å². The zero-order valence-corrected chi connectivity index (χ0v) is 11.4. The predicted molar refractivity (Wildman–Crippen MR) is 70.9 cm³/mol. The number of nitrogens with two attached hydrogens (primary N) is 1. The lowest BCUT2D eigenvalue weighted by Crippen LogP contribution is -2.19. The number of carbonyl (C=O) groups excluding carboxylic acids is 1. The Balaban J connectivity index is 2.81. The maximum atomic E-state index is 12.1. The molecule has 100 valence electrons. The van der Waals surface area contributed by atoms with Crippen molar-refractivity contribution in [2.24, 2.45) is 0 Å². The van der Waals surface area contributed by atoms with Crippen molar-refractivity contribution < 1.29 is 13.2 Å². The van der Waals surface area contributed by atoms with Crippen molar-refractivity contribution in [1.82, 2.24) is 5.32 Å². The number of amides is 1. The van der Waals surface area contributed by atoms with Crippen molar-refractivity contribution in [3.05, 3.63) is 23.8 Å². The molecule has 5 nitrogen and oxygen atoms in total. The van der Waals surface area contributed by atoms with Crippen molar-refractivity contribution in [3.8, 4) is 0 Å². The van der Waals surface area contributed by atoms with Gasteiger partial charge in [0.05, 0.1) is 16.3 Å². The first-order valence-corrected chi connectivity index (χ1v) is 7.32. The van der Waals surface area contributed by atoms with Gasteiger partial charge in [-0.3, -0.25) is 4.79 Å². The topological polar surface area (TPSA) is 89.3 Å². The number of sulfone groups is 1. The number of nitrogens with one attached hydrogen (secondary N) is 1. The molecule has 0 aliphatic heterocycles. The third-order valence-corrected chi connectivity index (χ3v) is 4.57. The van der Waals surface area contributed by atoms with Crippen molar-refractivity contribution in [2.75, 3.05) is 18.5 Å². The van der Waals surface area contributed by atoms with Gasteiger partial charge in [0.2, 0.25) is 5.91 Å². The van der Waals surface area contributed by atoms with Gasteiger partial charge in [-0.15, -0.1) is 0 Å². The van der Waals surface area contributed by atoms with Gasteiger partial charge in [0, 0.05) is 13.5 Å². The quantitative estimate of drug-likeness (QED) is 0.777. The average molecular weight is 270 g/mol. The molecule has 0 spiro atoms. The number of carbonyl (C=O) groups is 1. The molecular formula is C12H18N2O3S. The lowest BCUT2D eigenvalue weighted by Gasteiger charge is -2.09. The van der Waals surface area contributed by atoms with Crippen LogP contribution in [0.5, 0.6) is 0 Å². The van der Waals surface area contributed by atoms with Crippen LogP contribution in [0.4, 0.5) is 5.69 Å². The molecule has 0 bridgehead atoms. The SMILES string of the molecule is CNC(=O)CCCS(=O)(=O)c1cccc(C)c1N. The van der Waals surface area contributed by atoms with Gasteiger partial charge in [-0.1, -0.05) is 12.1 Å². The Bertz CT molecular complexity index is 538. The van der Waals surface area contributed by atoms with Crippen LogP contribution in [0.1, 0.15) is 18.4 Å². The molecule has 1 aromatic rings. The molecule has 0 heterocycles. The lowest BCUT2D eigenvalue weighted by molar-refractivity contribution is -0.120. The van der Waals surface area contributed by atoms with Crippen molar-refractivity contribution in [1.29, 1.82) is 0 Å². The second kappa shape index (κ2) is 5.86. The number of hydrogen-bond donors (Lipinski definition) is 2. The van der Waals surface area contributed by atoms with Crippen LogP contribution in [0.15, 0.2) is 23.1 Å². The molecular weight excluding hydrogens is 252 g/mol. The fourth-order valence-electron chi connectivity index (χ4n) is 1.58. The second-order valence-electron chi connectivity index (χ2n) is 4.08. The summed E-state index contributed by atoms with van der Waals surface area (Å²) in [5.41, 5.74) is 6.80. The molecule has 1 amide bonds. The van der Waals surface area contributed by atoms with Crippen LogP contribution in [0, 0.1) is 6.92 Å². The number of para-hydroxylation sites is 1. The van der Waals surface area contributed by atoms with Gasteiger partial charge >= 0.3 is 0 Å². The van der Waals surface area contributed by atoms with E-state index >= 15 is 0 Å². The van der Waals surface area contributed by atoms with Gasteiger partial charge in [-0.25, -0.2) is 8.42 Å². The van der Waals surface area contributed by atoms with Crippen molar-refractivity contribution in [3.63, 3.8) is 0 Å². The fourth-order valence-corrected chi connectivity index (χ4v) is 3.11. The third kappa shape index (κ3) is 3.46. The smallest absolute Gasteiger partial charge is 0.219 e. The van der Waals surface area contributed by atoms with E-state index < -0.39 is 9.84 Å². The number of rotatable bonds is 5. The summed E-state index contributed by atoms with van der Waals surface area (Å²) in [7, 11) is -1.90. The molecule has 1 aromatic carbocycles. The molecule has 0 aliphatic rings. The normalized spacial score (nSPS) is 11.2. The zero-order valence-electron chi connectivity index (χ0n) is 10.6. The molecule has 0 saturated heterocycles. The van der Waals surface area contributed by atoms with Crippen LogP contribution in [-0.2, 0) is 14.6 Å². The van der Waals surface area contributed by atoms with Gasteiger partial charge in [-0.2, -0.15) is 0 Å². The van der Waals surface area contributed by atoms with E-state index in [-0.39, 0.29) is 35.1 Å². The van der Waals surface area contributed by atoms with E-state index in [1.807, 2.05) is 0 Å². The lowest BCUT2D eigenvalue weighted by atomic mass is 10.2. The summed E-state index contributed by atoms with van der Waals surface area (Å²) in [6.07, 6.45) is 0.483. The summed E-state index contributed by atoms with van der Waals surface area (Å²) in [5, 5.41) is 2.45. The molecule has 1 rings (SSSR count). The Morgan fingerprint density at radius 1 is 1.39 bits per heavy atom. The van der Waals surface area contributed by atoms with Crippen molar-refractivity contribution >= 4 is 21.4 Å². The summed E-state index contributed by atoms with van der Waals surface area (Å²) in [5.74, 6) is -0.240. The first kappa shape index (κ1) is 14.5. The first-order valence-electron chi connectivity index (χ1n) is 5.67. The molecule has 6 heteroatoms. The fraction of sp³-hybridized carbons (Fsp3) is 0.417. The average Bonchev–Trinajstić information content (AvgIpc) is 2.32. The number of benzene rings is 1. The third-order valence-electron chi connectivity index (χ3n) is 2.71. The maximum Gasteiger partial charge on any atom is 0.219 e. The Kier molecular flexibility index (Phi) is 4.72. The highest BCUT2D eigenvalue weighted by molar-refractivity contribution is 7.91. The number of nitrogen functional groups attached to an aromatic ring is 1. The van der Waals surface area contributed by atoms with Gasteiger partial charge in [0.25, 0.3) is 0 Å². The van der Waals surface area contributed by atoms with E-state index in [1.165, 1.54) is 13.1 Å². The van der Waals surface area contributed by atoms with E-state index in [2.05, 4.69) is 5.32 Å². The van der Waals surface area contributed by atoms with E-state index in [0.29, 0.717) is 0 Å². The summed E-state index contributed by atoms with van der Waals surface area (Å²) in [4.78, 5) is 11.2. The van der Waals surface area contributed by atoms with E-state index in [4.69, 9.17) is 5.73 Å². The summed E-state index contributed by atoms with van der Waals surface area (Å²) in [6.45, 7) is 1.76. The molecule has 0 aromatic heterocycles. The second-order valence-corrected chi connectivity index (χ2v) is 6.16. The van der Waals surface area contributed by atoms with E-state index in [1.54, 1.807) is 19.1 Å². The largest absolute Gasteiger partial charge is 0.397 e. The molecule has 0 radical (unpaired) electrons. The molecule has 0 atom stereocenters. The van der Waals surface area contributed by atoms with Gasteiger partial charge in [-0.05, 0) is 25.0 Å². The highest BCUT2D eigenvalue weighted by atomic mass is 32.2. The Hall–Kier alpha value is -1.56. The van der Waals surface area contributed by atoms with Crippen LogP contribution in [0.25, 0.3) is 0 Å². The monoisotopic (exact) mass is 270 g/mol. The van der Waals surface area contributed by atoms with Gasteiger partial charge in [0.15, 0.2) is 9.84 Å².